The van der Waals surface area contributed by atoms with E-state index in [0.717, 1.165) is 24.2 Å². The number of carbonyl (C=O) groups is 1. The lowest BCUT2D eigenvalue weighted by Gasteiger charge is -2.32. The SMILES string of the molecule is CC/C=C\[C@H](Cc1ccc(OC(C)(C)C)cc1)NC(=O)OC(C)(C)CC(C)(C)C. The Hall–Kier alpha value is -1.97. The summed E-state index contributed by atoms with van der Waals surface area (Å²) in [7, 11) is 0. The molecule has 1 N–H and O–H groups in total. The van der Waals surface area contributed by atoms with E-state index in [4.69, 9.17) is 9.47 Å². The second kappa shape index (κ2) is 10.2. The zero-order chi connectivity index (χ0) is 22.3. The topological polar surface area (TPSA) is 47.6 Å². The molecular weight excluding hydrogens is 362 g/mol. The predicted octanol–water partition coefficient (Wildman–Crippen LogP) is 6.68. The van der Waals surface area contributed by atoms with E-state index < -0.39 is 5.60 Å². The van der Waals surface area contributed by atoms with Crippen molar-refractivity contribution in [2.45, 2.75) is 98.8 Å². The summed E-state index contributed by atoms with van der Waals surface area (Å²) < 4.78 is 11.6. The van der Waals surface area contributed by atoms with Crippen molar-refractivity contribution in [3.05, 3.63) is 42.0 Å². The van der Waals surface area contributed by atoms with Crippen LogP contribution in [-0.2, 0) is 11.2 Å². The van der Waals surface area contributed by atoms with Gasteiger partial charge in [-0.1, -0.05) is 52.0 Å². The highest BCUT2D eigenvalue weighted by molar-refractivity contribution is 5.68. The highest BCUT2D eigenvalue weighted by atomic mass is 16.6. The molecule has 0 saturated carbocycles. The van der Waals surface area contributed by atoms with Crippen LogP contribution in [0.1, 0.15) is 80.7 Å². The van der Waals surface area contributed by atoms with E-state index in [9.17, 15) is 4.79 Å². The van der Waals surface area contributed by atoms with E-state index in [1.54, 1.807) is 0 Å². The van der Waals surface area contributed by atoms with Gasteiger partial charge in [0.1, 0.15) is 17.0 Å². The summed E-state index contributed by atoms with van der Waals surface area (Å²) in [6.07, 6.45) is 6.14. The van der Waals surface area contributed by atoms with E-state index >= 15 is 0 Å². The summed E-state index contributed by atoms with van der Waals surface area (Å²) in [5, 5.41) is 3.02. The van der Waals surface area contributed by atoms with Gasteiger partial charge in [0.2, 0.25) is 0 Å². The van der Waals surface area contributed by atoms with Crippen molar-refractivity contribution in [2.24, 2.45) is 5.41 Å². The van der Waals surface area contributed by atoms with E-state index in [1.165, 1.54) is 0 Å². The molecule has 1 rings (SSSR count). The monoisotopic (exact) mass is 403 g/mol. The standard InChI is InChI=1S/C25H41NO3/c1-10-11-12-20(26-22(27)29-25(8,9)18-23(2,3)4)17-19-13-15-21(16-14-19)28-24(5,6)7/h11-16,20H,10,17-18H2,1-9H3,(H,26,27)/b12-11-/t20-/m1/s1. The summed E-state index contributed by atoms with van der Waals surface area (Å²) in [6, 6.07) is 7.93. The molecule has 0 spiro atoms. The smallest absolute Gasteiger partial charge is 0.408 e. The summed E-state index contributed by atoms with van der Waals surface area (Å²) in [6.45, 7) is 18.5. The maximum absolute atomic E-state index is 12.5. The highest BCUT2D eigenvalue weighted by Crippen LogP contribution is 2.29. The Morgan fingerprint density at radius 3 is 2.10 bits per heavy atom. The number of carbonyl (C=O) groups excluding carboxylic acids is 1. The Balaban J connectivity index is 2.77. The van der Waals surface area contributed by atoms with Gasteiger partial charge in [0, 0.05) is 0 Å². The van der Waals surface area contributed by atoms with E-state index in [1.807, 2.05) is 65.0 Å². The molecule has 0 heterocycles. The molecule has 0 radical (unpaired) electrons. The first-order chi connectivity index (χ1) is 13.2. The van der Waals surface area contributed by atoms with Gasteiger partial charge in [-0.3, -0.25) is 0 Å². The third kappa shape index (κ3) is 11.6. The molecule has 1 aromatic carbocycles. The van der Waals surface area contributed by atoms with Crippen molar-refractivity contribution in [2.75, 3.05) is 0 Å². The summed E-state index contributed by atoms with van der Waals surface area (Å²) in [5.41, 5.74) is 0.473. The second-order valence-electron chi connectivity index (χ2n) is 10.5. The summed E-state index contributed by atoms with van der Waals surface area (Å²) in [4.78, 5) is 12.5. The fourth-order valence-corrected chi connectivity index (χ4v) is 3.51. The molecule has 0 bridgehead atoms. The lowest BCUT2D eigenvalue weighted by atomic mass is 9.84. The Labute approximate surface area is 178 Å². The number of hydrogen-bond donors (Lipinski definition) is 1. The van der Waals surface area contributed by atoms with E-state index in [-0.39, 0.29) is 23.2 Å². The minimum Gasteiger partial charge on any atom is -0.488 e. The Morgan fingerprint density at radius 1 is 1.03 bits per heavy atom. The van der Waals surface area contributed by atoms with Crippen LogP contribution in [0, 0.1) is 5.41 Å². The summed E-state index contributed by atoms with van der Waals surface area (Å²) >= 11 is 0. The summed E-state index contributed by atoms with van der Waals surface area (Å²) in [5.74, 6) is 0.846. The third-order valence-corrected chi connectivity index (χ3v) is 4.04. The number of alkyl carbamates (subject to hydrolysis) is 1. The highest BCUT2D eigenvalue weighted by Gasteiger charge is 2.29. The second-order valence-corrected chi connectivity index (χ2v) is 10.5. The average molecular weight is 404 g/mol. The number of ether oxygens (including phenoxy) is 2. The first kappa shape index (κ1) is 25.1. The van der Waals surface area contributed by atoms with Gasteiger partial charge in [-0.25, -0.2) is 4.79 Å². The molecule has 0 aliphatic rings. The van der Waals surface area contributed by atoms with Crippen molar-refractivity contribution < 1.29 is 14.3 Å². The molecule has 29 heavy (non-hydrogen) atoms. The van der Waals surface area contributed by atoms with Gasteiger partial charge >= 0.3 is 6.09 Å². The van der Waals surface area contributed by atoms with Gasteiger partial charge < -0.3 is 14.8 Å². The average Bonchev–Trinajstić information content (AvgIpc) is 2.50. The molecule has 0 aliphatic heterocycles. The van der Waals surface area contributed by atoms with Crippen LogP contribution < -0.4 is 10.1 Å². The molecule has 0 unspecified atom stereocenters. The number of benzene rings is 1. The van der Waals surface area contributed by atoms with Crippen LogP contribution in [0.25, 0.3) is 0 Å². The number of allylic oxidation sites excluding steroid dienone is 1. The molecule has 4 heteroatoms. The van der Waals surface area contributed by atoms with Crippen LogP contribution in [0.15, 0.2) is 36.4 Å². The maximum Gasteiger partial charge on any atom is 0.408 e. The van der Waals surface area contributed by atoms with Crippen molar-refractivity contribution in [3.8, 4) is 5.75 Å². The number of rotatable bonds is 8. The van der Waals surface area contributed by atoms with Crippen LogP contribution in [0.5, 0.6) is 5.75 Å². The molecule has 0 saturated heterocycles. The van der Waals surface area contributed by atoms with E-state index in [0.29, 0.717) is 6.42 Å². The van der Waals surface area contributed by atoms with Crippen molar-refractivity contribution >= 4 is 6.09 Å². The minimum atomic E-state index is -0.521. The molecule has 4 nitrogen and oxygen atoms in total. The van der Waals surface area contributed by atoms with Crippen molar-refractivity contribution in [1.82, 2.24) is 5.32 Å². The van der Waals surface area contributed by atoms with Gasteiger partial charge in [-0.2, -0.15) is 0 Å². The fourth-order valence-electron chi connectivity index (χ4n) is 3.51. The third-order valence-electron chi connectivity index (χ3n) is 4.04. The number of nitrogens with one attached hydrogen (secondary N) is 1. The van der Waals surface area contributed by atoms with Crippen LogP contribution in [0.2, 0.25) is 0 Å². The van der Waals surface area contributed by atoms with Gasteiger partial charge in [-0.15, -0.1) is 0 Å². The van der Waals surface area contributed by atoms with Gasteiger partial charge in [0.15, 0.2) is 0 Å². The zero-order valence-corrected chi connectivity index (χ0v) is 19.9. The van der Waals surface area contributed by atoms with Crippen molar-refractivity contribution in [3.63, 3.8) is 0 Å². The quantitative estimate of drug-likeness (QED) is 0.492. The molecule has 1 aromatic rings. The van der Waals surface area contributed by atoms with Gasteiger partial charge in [-0.05, 0) is 77.0 Å². The molecule has 1 amide bonds. The number of hydrogen-bond acceptors (Lipinski definition) is 3. The lowest BCUT2D eigenvalue weighted by Crippen LogP contribution is -2.41. The number of amides is 1. The normalized spacial score (nSPS) is 14.0. The zero-order valence-electron chi connectivity index (χ0n) is 19.9. The lowest BCUT2D eigenvalue weighted by molar-refractivity contribution is 0.00929. The van der Waals surface area contributed by atoms with Gasteiger partial charge in [0.25, 0.3) is 0 Å². The van der Waals surface area contributed by atoms with Crippen LogP contribution in [-0.4, -0.2) is 23.3 Å². The first-order valence-corrected chi connectivity index (χ1v) is 10.6. The molecule has 1 atom stereocenters. The molecule has 0 aliphatic carbocycles. The molecular formula is C25H41NO3. The first-order valence-electron chi connectivity index (χ1n) is 10.6. The minimum absolute atomic E-state index is 0.0855. The predicted molar refractivity (Wildman–Crippen MR) is 122 cm³/mol. The Kier molecular flexibility index (Phi) is 8.80. The maximum atomic E-state index is 12.5. The Bertz CT molecular complexity index is 661. The Morgan fingerprint density at radius 2 is 1.62 bits per heavy atom. The van der Waals surface area contributed by atoms with Crippen LogP contribution in [0.3, 0.4) is 0 Å². The fraction of sp³-hybridized carbons (Fsp3) is 0.640. The van der Waals surface area contributed by atoms with Crippen LogP contribution >= 0.6 is 0 Å². The molecule has 0 aromatic heterocycles. The van der Waals surface area contributed by atoms with E-state index in [2.05, 4.69) is 39.1 Å². The molecule has 0 fully saturated rings. The van der Waals surface area contributed by atoms with Crippen LogP contribution in [0.4, 0.5) is 4.79 Å². The van der Waals surface area contributed by atoms with Crippen molar-refractivity contribution in [1.29, 1.82) is 0 Å². The largest absolute Gasteiger partial charge is 0.488 e. The molecule has 164 valence electrons. The van der Waals surface area contributed by atoms with Gasteiger partial charge in [0.05, 0.1) is 6.04 Å².